The Morgan fingerprint density at radius 2 is 1.94 bits per heavy atom. The highest BCUT2D eigenvalue weighted by Crippen LogP contribution is 2.34. The zero-order valence-electron chi connectivity index (χ0n) is 19.9. The van der Waals surface area contributed by atoms with Gasteiger partial charge >= 0.3 is 6.03 Å². The van der Waals surface area contributed by atoms with Crippen LogP contribution in [0.3, 0.4) is 0 Å². The number of hydrogen-bond acceptors (Lipinski definition) is 9. The van der Waals surface area contributed by atoms with E-state index < -0.39 is 35.7 Å². The summed E-state index contributed by atoms with van der Waals surface area (Å²) in [4.78, 5) is 26.4. The number of methoxy groups -OCH3 is 2. The number of urea groups is 1. The molecule has 3 rings (SSSR count). The van der Waals surface area contributed by atoms with Crippen LogP contribution in [0.15, 0.2) is 6.07 Å². The maximum Gasteiger partial charge on any atom is 0.319 e. The Hall–Kier alpha value is -3.23. The molecule has 11 nitrogen and oxygen atoms in total. The first-order chi connectivity index (χ1) is 17.2. The highest BCUT2D eigenvalue weighted by molar-refractivity contribution is 7.11. The van der Waals surface area contributed by atoms with Gasteiger partial charge in [0.05, 0.1) is 25.9 Å². The number of aliphatic hydroxyl groups is 1. The van der Waals surface area contributed by atoms with E-state index in [0.29, 0.717) is 13.1 Å². The molecule has 1 saturated heterocycles. The van der Waals surface area contributed by atoms with Crippen LogP contribution in [0.5, 0.6) is 17.4 Å². The van der Waals surface area contributed by atoms with E-state index in [1.807, 2.05) is 0 Å². The first-order valence-corrected chi connectivity index (χ1v) is 12.0. The molecule has 2 aromatic rings. The first-order valence-electron chi connectivity index (χ1n) is 11.2. The molecule has 14 heteroatoms. The number of anilines is 1. The van der Waals surface area contributed by atoms with Crippen molar-refractivity contribution in [1.29, 1.82) is 0 Å². The quantitative estimate of drug-likeness (QED) is 0.306. The minimum absolute atomic E-state index is 0.0326. The first kappa shape index (κ1) is 27.4. The summed E-state index contributed by atoms with van der Waals surface area (Å²) in [6, 6.07) is 0.488. The highest BCUT2D eigenvalue weighted by atomic mass is 32.1. The van der Waals surface area contributed by atoms with E-state index in [-0.39, 0.29) is 34.0 Å². The van der Waals surface area contributed by atoms with Gasteiger partial charge in [0.2, 0.25) is 5.88 Å². The Morgan fingerprint density at radius 1 is 1.25 bits per heavy atom. The molecule has 0 aliphatic carbocycles. The Bertz CT molecular complexity index is 1060. The molecule has 2 heterocycles. The van der Waals surface area contributed by atoms with Crippen LogP contribution < -0.4 is 30.6 Å². The second-order valence-electron chi connectivity index (χ2n) is 8.06. The number of aromatic nitrogens is 1. The van der Waals surface area contributed by atoms with Crippen LogP contribution in [-0.4, -0.2) is 72.8 Å². The average molecular weight is 530 g/mol. The fourth-order valence-electron chi connectivity index (χ4n) is 3.71. The van der Waals surface area contributed by atoms with E-state index in [1.54, 1.807) is 0 Å². The number of hydrogen-bond donors (Lipinski definition) is 4. The van der Waals surface area contributed by atoms with Gasteiger partial charge in [0, 0.05) is 25.7 Å². The number of ether oxygens (including phenoxy) is 3. The van der Waals surface area contributed by atoms with Gasteiger partial charge in [-0.3, -0.25) is 10.1 Å². The number of unbranched alkanes of at least 4 members (excludes halogenated alkanes) is 1. The number of rotatable bonds is 12. The van der Waals surface area contributed by atoms with E-state index in [4.69, 9.17) is 19.9 Å². The van der Waals surface area contributed by atoms with Crippen molar-refractivity contribution in [2.24, 2.45) is 5.73 Å². The largest absolute Gasteiger partial charge is 0.494 e. The van der Waals surface area contributed by atoms with E-state index in [1.165, 1.54) is 14.2 Å². The summed E-state index contributed by atoms with van der Waals surface area (Å²) in [6.45, 7) is 2.12. The summed E-state index contributed by atoms with van der Waals surface area (Å²) in [5, 5.41) is 14.8. The minimum Gasteiger partial charge on any atom is -0.494 e. The lowest BCUT2D eigenvalue weighted by molar-refractivity contribution is 0.0996. The van der Waals surface area contributed by atoms with Crippen molar-refractivity contribution in [1.82, 2.24) is 14.6 Å². The van der Waals surface area contributed by atoms with E-state index >= 15 is 0 Å². The van der Waals surface area contributed by atoms with E-state index in [9.17, 15) is 23.5 Å². The third-order valence-electron chi connectivity index (χ3n) is 5.59. The van der Waals surface area contributed by atoms with Gasteiger partial charge in [0.15, 0.2) is 23.1 Å². The number of nitrogens with two attached hydrogens (primary N) is 1. The smallest absolute Gasteiger partial charge is 0.319 e. The van der Waals surface area contributed by atoms with Crippen molar-refractivity contribution in [2.45, 2.75) is 32.0 Å². The third kappa shape index (κ3) is 6.71. The van der Waals surface area contributed by atoms with Crippen LogP contribution >= 0.6 is 11.5 Å². The Kier molecular flexibility index (Phi) is 9.61. The monoisotopic (exact) mass is 529 g/mol. The lowest BCUT2D eigenvalue weighted by Gasteiger charge is -2.14. The Balaban J connectivity index is 1.57. The van der Waals surface area contributed by atoms with Crippen LogP contribution in [0.1, 0.15) is 35.2 Å². The number of carbonyl (C=O) groups is 2. The summed E-state index contributed by atoms with van der Waals surface area (Å²) < 4.78 is 48.3. The summed E-state index contributed by atoms with van der Waals surface area (Å²) in [6.07, 6.45) is 2.08. The average Bonchev–Trinajstić information content (AvgIpc) is 3.44. The van der Waals surface area contributed by atoms with Gasteiger partial charge in [-0.25, -0.2) is 13.6 Å². The predicted molar refractivity (Wildman–Crippen MR) is 128 cm³/mol. The zero-order chi connectivity index (χ0) is 26.2. The van der Waals surface area contributed by atoms with Crippen molar-refractivity contribution in [3.05, 3.63) is 28.8 Å². The van der Waals surface area contributed by atoms with Crippen molar-refractivity contribution in [3.8, 4) is 17.4 Å². The van der Waals surface area contributed by atoms with Crippen LogP contribution in [0, 0.1) is 11.6 Å². The molecule has 3 amide bonds. The second-order valence-corrected chi connectivity index (χ2v) is 8.84. The Labute approximate surface area is 210 Å². The van der Waals surface area contributed by atoms with E-state index in [2.05, 4.69) is 19.9 Å². The molecule has 1 aliphatic rings. The number of nitrogens with zero attached hydrogens (tertiary/aromatic N) is 2. The maximum atomic E-state index is 14.6. The van der Waals surface area contributed by atoms with Crippen molar-refractivity contribution < 1.29 is 37.7 Å². The van der Waals surface area contributed by atoms with Crippen LogP contribution in [0.4, 0.5) is 18.6 Å². The molecular formula is C22H29F2N5O6S. The van der Waals surface area contributed by atoms with Gasteiger partial charge in [0.1, 0.15) is 17.2 Å². The van der Waals surface area contributed by atoms with Crippen LogP contribution in [-0.2, 0) is 6.61 Å². The molecule has 1 aromatic heterocycles. The van der Waals surface area contributed by atoms with Crippen molar-refractivity contribution >= 4 is 28.5 Å². The van der Waals surface area contributed by atoms with Crippen LogP contribution in [0.2, 0.25) is 0 Å². The molecule has 0 radical (unpaired) electrons. The predicted octanol–water partition coefficient (Wildman–Crippen LogP) is 2.08. The fraction of sp³-hybridized carbons (Fsp3) is 0.500. The molecule has 0 saturated carbocycles. The molecule has 0 bridgehead atoms. The van der Waals surface area contributed by atoms with Crippen molar-refractivity contribution in [2.75, 3.05) is 45.7 Å². The normalized spacial score (nSPS) is 15.5. The number of benzene rings is 1. The van der Waals surface area contributed by atoms with Gasteiger partial charge in [-0.2, -0.15) is 4.37 Å². The summed E-state index contributed by atoms with van der Waals surface area (Å²) in [5.41, 5.74) is 4.71. The number of β-amino-alcohol motifs (C(OH)–C–C–N with tert-alkyl or cyclic N) is 1. The number of likely N-dealkylation sites (tertiary alicyclic amines) is 1. The number of carbonyl (C=O) groups excluding carboxylic acids is 2. The number of nitrogens with one attached hydrogen (secondary N) is 2. The molecule has 1 aliphatic heterocycles. The number of aliphatic hydroxyl groups excluding tert-OH is 1. The second kappa shape index (κ2) is 12.6. The molecule has 0 spiro atoms. The number of halogens is 2. The lowest BCUT2D eigenvalue weighted by Crippen LogP contribution is -2.31. The molecule has 1 atom stereocenters. The standard InChI is InChI=1S/C22H29F2N5O6S/c1-33-14-9-15(34-2)18(24)13(17(14)23)11-35-20-16(19(25)31)21(36-28-20)27-22(32)26-6-3-4-7-29-8-5-12(30)10-29/h9,12,30H,3-8,10-11H2,1-2H3,(H2,25,31)(H2,26,27,32)/t12-/m0/s1. The molecule has 198 valence electrons. The summed E-state index contributed by atoms with van der Waals surface area (Å²) >= 11 is 0.737. The lowest BCUT2D eigenvalue weighted by atomic mass is 10.1. The van der Waals surface area contributed by atoms with Gasteiger partial charge < -0.3 is 35.3 Å². The SMILES string of the molecule is COc1cc(OC)c(F)c(COc2nsc(NC(=O)NCCCCN3CC[C@H](O)C3)c2C(N)=O)c1F. The molecule has 36 heavy (non-hydrogen) atoms. The van der Waals surface area contributed by atoms with Gasteiger partial charge in [-0.05, 0) is 37.3 Å². The van der Waals surface area contributed by atoms with Gasteiger partial charge in [-0.15, -0.1) is 0 Å². The minimum atomic E-state index is -0.995. The molecule has 1 fully saturated rings. The molecule has 5 N–H and O–H groups in total. The van der Waals surface area contributed by atoms with Crippen LogP contribution in [0.25, 0.3) is 0 Å². The number of primary amides is 1. The van der Waals surface area contributed by atoms with Gasteiger partial charge in [0.25, 0.3) is 5.91 Å². The fourth-order valence-corrected chi connectivity index (χ4v) is 4.44. The Morgan fingerprint density at radius 3 is 2.53 bits per heavy atom. The third-order valence-corrected chi connectivity index (χ3v) is 6.33. The molecular weight excluding hydrogens is 500 g/mol. The van der Waals surface area contributed by atoms with Gasteiger partial charge in [-0.1, -0.05) is 0 Å². The molecule has 0 unspecified atom stereocenters. The highest BCUT2D eigenvalue weighted by Gasteiger charge is 2.25. The topological polar surface area (TPSA) is 148 Å². The molecule has 1 aromatic carbocycles. The maximum absolute atomic E-state index is 14.6. The van der Waals surface area contributed by atoms with E-state index in [0.717, 1.165) is 50.0 Å². The summed E-state index contributed by atoms with van der Waals surface area (Å²) in [5.74, 6) is -3.72. The summed E-state index contributed by atoms with van der Waals surface area (Å²) in [7, 11) is 2.43. The zero-order valence-corrected chi connectivity index (χ0v) is 20.8. The number of amides is 3. The van der Waals surface area contributed by atoms with Crippen molar-refractivity contribution in [3.63, 3.8) is 0 Å².